The number of rotatable bonds is 7. The summed E-state index contributed by atoms with van der Waals surface area (Å²) in [7, 11) is 0. The summed E-state index contributed by atoms with van der Waals surface area (Å²) in [5, 5.41) is 3.79. The normalized spacial score (nSPS) is 18.5. The molecule has 0 bridgehead atoms. The highest BCUT2D eigenvalue weighted by Gasteiger charge is 2.17. The molecule has 2 heterocycles. The Bertz CT molecular complexity index is 425. The quantitative estimate of drug-likeness (QED) is 0.775. The number of aromatic nitrogens is 3. The van der Waals surface area contributed by atoms with E-state index in [0.29, 0.717) is 23.2 Å². The van der Waals surface area contributed by atoms with Crippen LogP contribution in [-0.2, 0) is 4.74 Å². The van der Waals surface area contributed by atoms with E-state index in [1.54, 1.807) is 11.8 Å². The van der Waals surface area contributed by atoms with E-state index in [2.05, 4.69) is 20.3 Å². The molecule has 0 amide bonds. The minimum absolute atomic E-state index is 0.0443. The van der Waals surface area contributed by atoms with Gasteiger partial charge in [0.1, 0.15) is 0 Å². The molecule has 0 spiro atoms. The van der Waals surface area contributed by atoms with Crippen LogP contribution in [-0.4, -0.2) is 46.1 Å². The number of nitrogens with one attached hydrogen (secondary N) is 1. The Morgan fingerprint density at radius 2 is 2.25 bits per heavy atom. The standard InChI is InChI=1S/C13H22N4O2S/c1-4-14-11-15-12(19-9(2)3)17-13(16-11)20-8-10-6-5-7-18-10/h9-10H,4-8H2,1-3H3,(H,14,15,16,17). The van der Waals surface area contributed by atoms with Crippen LogP contribution in [0, 0.1) is 0 Å². The van der Waals surface area contributed by atoms with Gasteiger partial charge >= 0.3 is 6.01 Å². The van der Waals surface area contributed by atoms with Crippen molar-refractivity contribution in [3.63, 3.8) is 0 Å². The number of anilines is 1. The molecule has 1 N–H and O–H groups in total. The summed E-state index contributed by atoms with van der Waals surface area (Å²) in [5.41, 5.74) is 0. The van der Waals surface area contributed by atoms with Crippen molar-refractivity contribution < 1.29 is 9.47 Å². The SMILES string of the molecule is CCNc1nc(OC(C)C)nc(SCC2CCCO2)n1. The first-order valence-electron chi connectivity index (χ1n) is 7.08. The highest BCUT2D eigenvalue weighted by molar-refractivity contribution is 7.99. The van der Waals surface area contributed by atoms with Crippen LogP contribution in [0.5, 0.6) is 6.01 Å². The Kier molecular flexibility index (Phi) is 5.85. The van der Waals surface area contributed by atoms with Gasteiger partial charge in [0.15, 0.2) is 5.16 Å². The largest absolute Gasteiger partial charge is 0.461 e. The monoisotopic (exact) mass is 298 g/mol. The average Bonchev–Trinajstić information content (AvgIpc) is 2.89. The molecule has 1 aromatic rings. The summed E-state index contributed by atoms with van der Waals surface area (Å²) in [6, 6.07) is 0.376. The van der Waals surface area contributed by atoms with Crippen LogP contribution >= 0.6 is 11.8 Å². The van der Waals surface area contributed by atoms with Crippen LogP contribution in [0.4, 0.5) is 5.95 Å². The average molecular weight is 298 g/mol. The Morgan fingerprint density at radius 3 is 2.90 bits per heavy atom. The molecule has 1 unspecified atom stereocenters. The molecule has 7 heteroatoms. The van der Waals surface area contributed by atoms with Crippen LogP contribution in [0.2, 0.25) is 0 Å². The van der Waals surface area contributed by atoms with Gasteiger partial charge in [-0.3, -0.25) is 0 Å². The first kappa shape index (κ1) is 15.3. The van der Waals surface area contributed by atoms with Crippen molar-refractivity contribution in [2.75, 3.05) is 24.2 Å². The first-order valence-corrected chi connectivity index (χ1v) is 8.07. The summed E-state index contributed by atoms with van der Waals surface area (Å²) in [4.78, 5) is 13.0. The number of thioether (sulfide) groups is 1. The van der Waals surface area contributed by atoms with Crippen molar-refractivity contribution in [1.82, 2.24) is 15.0 Å². The number of nitrogens with zero attached hydrogens (tertiary/aromatic N) is 3. The zero-order valence-electron chi connectivity index (χ0n) is 12.3. The third-order valence-corrected chi connectivity index (χ3v) is 3.67. The molecule has 1 fully saturated rings. The second-order valence-corrected chi connectivity index (χ2v) is 5.85. The van der Waals surface area contributed by atoms with Gasteiger partial charge in [-0.25, -0.2) is 0 Å². The maximum Gasteiger partial charge on any atom is 0.322 e. The van der Waals surface area contributed by atoms with Gasteiger partial charge < -0.3 is 14.8 Å². The molecule has 112 valence electrons. The van der Waals surface area contributed by atoms with Gasteiger partial charge in [0.25, 0.3) is 0 Å². The van der Waals surface area contributed by atoms with Crippen LogP contribution < -0.4 is 10.1 Å². The fourth-order valence-electron chi connectivity index (χ4n) is 1.85. The summed E-state index contributed by atoms with van der Waals surface area (Å²) in [5.74, 6) is 1.43. The van der Waals surface area contributed by atoms with Gasteiger partial charge in [-0.2, -0.15) is 15.0 Å². The molecule has 1 saturated heterocycles. The van der Waals surface area contributed by atoms with Crippen molar-refractivity contribution in [1.29, 1.82) is 0 Å². The Labute approximate surface area is 124 Å². The van der Waals surface area contributed by atoms with E-state index in [0.717, 1.165) is 31.7 Å². The van der Waals surface area contributed by atoms with E-state index in [1.165, 1.54) is 0 Å². The molecule has 0 aromatic carbocycles. The van der Waals surface area contributed by atoms with Crippen LogP contribution in [0.25, 0.3) is 0 Å². The minimum Gasteiger partial charge on any atom is -0.461 e. The lowest BCUT2D eigenvalue weighted by atomic mass is 10.3. The van der Waals surface area contributed by atoms with Gasteiger partial charge in [0.05, 0.1) is 12.2 Å². The summed E-state index contributed by atoms with van der Waals surface area (Å²) >= 11 is 1.59. The molecule has 20 heavy (non-hydrogen) atoms. The smallest absolute Gasteiger partial charge is 0.322 e. The lowest BCUT2D eigenvalue weighted by molar-refractivity contribution is 0.129. The maximum atomic E-state index is 5.61. The van der Waals surface area contributed by atoms with Crippen LogP contribution in [0.15, 0.2) is 5.16 Å². The fourth-order valence-corrected chi connectivity index (χ4v) is 2.74. The molecule has 1 aliphatic rings. The summed E-state index contributed by atoms with van der Waals surface area (Å²) in [6.45, 7) is 7.55. The van der Waals surface area contributed by atoms with Gasteiger partial charge in [0.2, 0.25) is 5.95 Å². The fraction of sp³-hybridized carbons (Fsp3) is 0.769. The lowest BCUT2D eigenvalue weighted by Crippen LogP contribution is -2.13. The lowest BCUT2D eigenvalue weighted by Gasteiger charge is -2.11. The number of hydrogen-bond acceptors (Lipinski definition) is 7. The summed E-state index contributed by atoms with van der Waals surface area (Å²) < 4.78 is 11.2. The highest BCUT2D eigenvalue weighted by Crippen LogP contribution is 2.23. The molecule has 1 atom stereocenters. The topological polar surface area (TPSA) is 69.2 Å². The van der Waals surface area contributed by atoms with Crippen LogP contribution in [0.3, 0.4) is 0 Å². The van der Waals surface area contributed by atoms with Gasteiger partial charge in [-0.05, 0) is 33.6 Å². The molecule has 1 aliphatic heterocycles. The zero-order chi connectivity index (χ0) is 14.4. The van der Waals surface area contributed by atoms with Crippen molar-refractivity contribution >= 4 is 17.7 Å². The van der Waals surface area contributed by atoms with Crippen LogP contribution in [0.1, 0.15) is 33.6 Å². The second-order valence-electron chi connectivity index (χ2n) is 4.87. The van der Waals surface area contributed by atoms with Crippen molar-refractivity contribution in [2.45, 2.75) is 51.0 Å². The molecule has 2 rings (SSSR count). The highest BCUT2D eigenvalue weighted by atomic mass is 32.2. The predicted molar refractivity (Wildman–Crippen MR) is 79.5 cm³/mol. The Balaban J connectivity index is 2.02. The number of hydrogen-bond donors (Lipinski definition) is 1. The van der Waals surface area contributed by atoms with E-state index in [9.17, 15) is 0 Å². The van der Waals surface area contributed by atoms with Crippen molar-refractivity contribution in [3.8, 4) is 6.01 Å². The predicted octanol–water partition coefficient (Wildman–Crippen LogP) is 2.36. The second kappa shape index (κ2) is 7.64. The molecular weight excluding hydrogens is 276 g/mol. The third kappa shape index (κ3) is 4.79. The molecule has 0 saturated carbocycles. The Morgan fingerprint density at radius 1 is 1.40 bits per heavy atom. The van der Waals surface area contributed by atoms with E-state index in [4.69, 9.17) is 9.47 Å². The minimum atomic E-state index is 0.0443. The van der Waals surface area contributed by atoms with Crippen molar-refractivity contribution in [3.05, 3.63) is 0 Å². The molecule has 0 radical (unpaired) electrons. The first-order chi connectivity index (χ1) is 9.67. The van der Waals surface area contributed by atoms with Gasteiger partial charge in [-0.15, -0.1) is 0 Å². The van der Waals surface area contributed by atoms with Crippen molar-refractivity contribution in [2.24, 2.45) is 0 Å². The van der Waals surface area contributed by atoms with Gasteiger partial charge in [0, 0.05) is 18.9 Å². The maximum absolute atomic E-state index is 5.61. The number of ether oxygens (including phenoxy) is 2. The third-order valence-electron chi connectivity index (χ3n) is 2.69. The van der Waals surface area contributed by atoms with E-state index in [1.807, 2.05) is 20.8 Å². The van der Waals surface area contributed by atoms with E-state index >= 15 is 0 Å². The van der Waals surface area contributed by atoms with E-state index < -0.39 is 0 Å². The zero-order valence-corrected chi connectivity index (χ0v) is 13.1. The summed E-state index contributed by atoms with van der Waals surface area (Å²) in [6.07, 6.45) is 2.62. The molecule has 1 aromatic heterocycles. The van der Waals surface area contributed by atoms with E-state index in [-0.39, 0.29) is 6.10 Å². The van der Waals surface area contributed by atoms with Gasteiger partial charge in [-0.1, -0.05) is 11.8 Å². The molecule has 0 aliphatic carbocycles. The molecule has 6 nitrogen and oxygen atoms in total. The molecular formula is C13H22N4O2S. The Hall–Kier alpha value is -1.08.